The number of ether oxygens (including phenoxy) is 4. The van der Waals surface area contributed by atoms with E-state index in [9.17, 15) is 14.4 Å². The van der Waals surface area contributed by atoms with Gasteiger partial charge >= 0.3 is 11.9 Å². The fraction of sp³-hybridized carbons (Fsp3) is 0.229. The Labute approximate surface area is 257 Å². The minimum Gasteiger partial charge on any atom is -0.494 e. The third kappa shape index (κ3) is 12.9. The van der Waals surface area contributed by atoms with Crippen LogP contribution in [0.2, 0.25) is 0 Å². The molecular formula is C35H36O7S. The molecule has 0 aliphatic rings. The van der Waals surface area contributed by atoms with E-state index in [0.717, 1.165) is 76.3 Å². The Kier molecular flexibility index (Phi) is 14.4. The van der Waals surface area contributed by atoms with Gasteiger partial charge in [-0.1, -0.05) is 55.6 Å². The molecule has 0 aliphatic carbocycles. The summed E-state index contributed by atoms with van der Waals surface area (Å²) < 4.78 is 21.3. The fourth-order valence-corrected chi connectivity index (χ4v) is 4.34. The lowest BCUT2D eigenvalue weighted by Gasteiger charge is -2.08. The lowest BCUT2D eigenvalue weighted by Crippen LogP contribution is -2.04. The molecular weight excluding hydrogens is 564 g/mol. The molecule has 0 atom stereocenters. The van der Waals surface area contributed by atoms with Crippen molar-refractivity contribution in [1.29, 1.82) is 0 Å². The van der Waals surface area contributed by atoms with Crippen LogP contribution in [0.3, 0.4) is 0 Å². The number of thioether (sulfide) groups is 1. The Morgan fingerprint density at radius 1 is 0.605 bits per heavy atom. The highest BCUT2D eigenvalue weighted by Gasteiger charge is 2.04. The van der Waals surface area contributed by atoms with Crippen LogP contribution in [0.1, 0.15) is 31.2 Å². The van der Waals surface area contributed by atoms with Gasteiger partial charge in [-0.15, -0.1) is 0 Å². The third-order valence-electron chi connectivity index (χ3n) is 5.99. The average Bonchev–Trinajstić information content (AvgIpc) is 3.04. The van der Waals surface area contributed by atoms with Gasteiger partial charge in [-0.05, 0) is 96.6 Å². The van der Waals surface area contributed by atoms with Gasteiger partial charge in [0.15, 0.2) is 0 Å². The van der Waals surface area contributed by atoms with Gasteiger partial charge in [-0.2, -0.15) is 0 Å². The second-order valence-electron chi connectivity index (χ2n) is 9.23. The summed E-state index contributed by atoms with van der Waals surface area (Å²) in [6.07, 6.45) is 8.65. The monoisotopic (exact) mass is 600 g/mol. The lowest BCUT2D eigenvalue weighted by molar-refractivity contribution is -0.138. The minimum absolute atomic E-state index is 0.0693. The zero-order valence-electron chi connectivity index (χ0n) is 24.1. The van der Waals surface area contributed by atoms with Crippen LogP contribution in [0.4, 0.5) is 0 Å². The number of carbonyl (C=O) groups is 3. The normalized spacial score (nSPS) is 10.6. The summed E-state index contributed by atoms with van der Waals surface area (Å²) in [5.74, 6) is 0.676. The summed E-state index contributed by atoms with van der Waals surface area (Å²) in [6.45, 7) is 8.48. The van der Waals surface area contributed by atoms with Gasteiger partial charge in [0, 0.05) is 17.0 Å². The first-order valence-corrected chi connectivity index (χ1v) is 14.8. The van der Waals surface area contributed by atoms with Crippen molar-refractivity contribution in [3.8, 4) is 22.6 Å². The van der Waals surface area contributed by atoms with E-state index in [2.05, 4.69) is 13.2 Å². The largest absolute Gasteiger partial charge is 0.494 e. The number of rotatable bonds is 18. The van der Waals surface area contributed by atoms with Crippen molar-refractivity contribution in [2.75, 3.05) is 26.4 Å². The number of hydrogen-bond acceptors (Lipinski definition) is 8. The molecule has 0 saturated carbocycles. The molecule has 0 spiro atoms. The van der Waals surface area contributed by atoms with Crippen LogP contribution in [0.5, 0.6) is 11.5 Å². The number of esters is 2. The summed E-state index contributed by atoms with van der Waals surface area (Å²) in [5, 5.41) is -0.0693. The van der Waals surface area contributed by atoms with Gasteiger partial charge in [0.2, 0.25) is 5.12 Å². The zero-order valence-corrected chi connectivity index (χ0v) is 24.9. The first kappa shape index (κ1) is 32.9. The standard InChI is InChI=1S/C35H36O7S/c1-3-33(36)41-25-7-5-23-39-30-16-14-29(15-17-30)28-12-9-27(10-13-28)11-22-35(38)43-32-20-18-31(19-21-32)40-24-6-8-26-42-34(37)4-2/h3-4,9-22H,1-2,5-8,23-26H2/b22-11+. The average molecular weight is 601 g/mol. The summed E-state index contributed by atoms with van der Waals surface area (Å²) >= 11 is 1.15. The fourth-order valence-electron chi connectivity index (χ4n) is 3.70. The molecule has 3 aromatic carbocycles. The van der Waals surface area contributed by atoms with Crippen molar-refractivity contribution >= 4 is 34.9 Å². The first-order chi connectivity index (χ1) is 21.0. The van der Waals surface area contributed by atoms with E-state index in [1.54, 1.807) is 12.2 Å². The molecule has 0 aromatic heterocycles. The molecule has 0 radical (unpaired) electrons. The Hall–Kier alpha value is -4.56. The van der Waals surface area contributed by atoms with Gasteiger partial charge < -0.3 is 18.9 Å². The Morgan fingerprint density at radius 2 is 1.05 bits per heavy atom. The third-order valence-corrected chi connectivity index (χ3v) is 6.83. The second kappa shape index (κ2) is 18.8. The highest BCUT2D eigenvalue weighted by atomic mass is 32.2. The van der Waals surface area contributed by atoms with Crippen molar-refractivity contribution in [2.24, 2.45) is 0 Å². The van der Waals surface area contributed by atoms with E-state index in [-0.39, 0.29) is 5.12 Å². The highest BCUT2D eigenvalue weighted by Crippen LogP contribution is 2.25. The molecule has 0 bridgehead atoms. The molecule has 0 amide bonds. The molecule has 0 heterocycles. The summed E-state index contributed by atoms with van der Waals surface area (Å²) in [5.41, 5.74) is 3.05. The molecule has 0 aliphatic heterocycles. The van der Waals surface area contributed by atoms with Crippen molar-refractivity contribution in [2.45, 2.75) is 30.6 Å². The van der Waals surface area contributed by atoms with Crippen LogP contribution < -0.4 is 9.47 Å². The van der Waals surface area contributed by atoms with Crippen LogP contribution in [-0.4, -0.2) is 43.5 Å². The van der Waals surface area contributed by atoms with Crippen LogP contribution in [0, 0.1) is 0 Å². The molecule has 0 saturated heterocycles. The van der Waals surface area contributed by atoms with E-state index in [1.807, 2.05) is 72.8 Å². The Bertz CT molecular complexity index is 1360. The Morgan fingerprint density at radius 3 is 1.53 bits per heavy atom. The second-order valence-corrected chi connectivity index (χ2v) is 10.3. The van der Waals surface area contributed by atoms with E-state index < -0.39 is 11.9 Å². The highest BCUT2D eigenvalue weighted by molar-refractivity contribution is 8.14. The number of carbonyl (C=O) groups excluding carboxylic acids is 3. The van der Waals surface area contributed by atoms with Crippen molar-refractivity contribution in [3.05, 3.63) is 110 Å². The SMILES string of the molecule is C=CC(=O)OCCCCOc1ccc(SC(=O)/C=C/c2ccc(-c3ccc(OCCCCOC(=O)C=C)cc3)cc2)cc1. The molecule has 3 rings (SSSR count). The predicted molar refractivity (Wildman–Crippen MR) is 170 cm³/mol. The molecule has 43 heavy (non-hydrogen) atoms. The molecule has 3 aromatic rings. The van der Waals surface area contributed by atoms with E-state index in [4.69, 9.17) is 18.9 Å². The maximum Gasteiger partial charge on any atom is 0.330 e. The molecule has 0 unspecified atom stereocenters. The van der Waals surface area contributed by atoms with Crippen molar-refractivity contribution in [1.82, 2.24) is 0 Å². The summed E-state index contributed by atoms with van der Waals surface area (Å²) in [7, 11) is 0. The van der Waals surface area contributed by atoms with Crippen LogP contribution in [0.15, 0.2) is 109 Å². The topological polar surface area (TPSA) is 88.1 Å². The van der Waals surface area contributed by atoms with Crippen LogP contribution >= 0.6 is 11.8 Å². The molecule has 7 nitrogen and oxygen atoms in total. The van der Waals surface area contributed by atoms with E-state index in [1.165, 1.54) is 0 Å². The molecule has 0 fully saturated rings. The number of unbranched alkanes of at least 4 members (excludes halogenated alkanes) is 2. The first-order valence-electron chi connectivity index (χ1n) is 14.0. The van der Waals surface area contributed by atoms with Crippen molar-refractivity contribution < 1.29 is 33.3 Å². The lowest BCUT2D eigenvalue weighted by atomic mass is 10.0. The molecule has 8 heteroatoms. The van der Waals surface area contributed by atoms with Gasteiger partial charge in [-0.25, -0.2) is 9.59 Å². The molecule has 0 N–H and O–H groups in total. The summed E-state index contributed by atoms with van der Waals surface area (Å²) in [4.78, 5) is 35.3. The van der Waals surface area contributed by atoms with Gasteiger partial charge in [0.25, 0.3) is 0 Å². The number of hydrogen-bond donors (Lipinski definition) is 0. The predicted octanol–water partition coefficient (Wildman–Crippen LogP) is 7.46. The van der Waals surface area contributed by atoms with Crippen LogP contribution in [0.25, 0.3) is 17.2 Å². The maximum absolute atomic E-state index is 12.5. The molecule has 224 valence electrons. The van der Waals surface area contributed by atoms with Gasteiger partial charge in [0.1, 0.15) is 11.5 Å². The minimum atomic E-state index is -0.419. The maximum atomic E-state index is 12.5. The van der Waals surface area contributed by atoms with E-state index >= 15 is 0 Å². The zero-order chi connectivity index (χ0) is 30.7. The van der Waals surface area contributed by atoms with Crippen molar-refractivity contribution in [3.63, 3.8) is 0 Å². The number of benzene rings is 3. The van der Waals surface area contributed by atoms with Crippen LogP contribution in [-0.2, 0) is 23.9 Å². The quantitative estimate of drug-likeness (QED) is 0.0643. The summed E-state index contributed by atoms with van der Waals surface area (Å²) in [6, 6.07) is 23.2. The Balaban J connectivity index is 1.37. The van der Waals surface area contributed by atoms with Gasteiger partial charge in [0.05, 0.1) is 26.4 Å². The van der Waals surface area contributed by atoms with Gasteiger partial charge in [-0.3, -0.25) is 4.79 Å². The van der Waals surface area contributed by atoms with E-state index in [0.29, 0.717) is 32.8 Å². The smallest absolute Gasteiger partial charge is 0.330 e.